The Morgan fingerprint density at radius 1 is 1.35 bits per heavy atom. The number of thiazole rings is 1. The number of halogens is 1. The van der Waals surface area contributed by atoms with E-state index in [9.17, 15) is 9.59 Å². The lowest BCUT2D eigenvalue weighted by Crippen LogP contribution is -2.32. The molecule has 1 aromatic heterocycles. The lowest BCUT2D eigenvalue weighted by Gasteiger charge is -2.17. The first-order chi connectivity index (χ1) is 10.7. The van der Waals surface area contributed by atoms with Gasteiger partial charge in [0.2, 0.25) is 0 Å². The van der Waals surface area contributed by atoms with Crippen molar-refractivity contribution in [1.82, 2.24) is 4.98 Å². The van der Waals surface area contributed by atoms with Crippen molar-refractivity contribution < 1.29 is 9.59 Å². The van der Waals surface area contributed by atoms with E-state index in [-0.39, 0.29) is 5.91 Å². The van der Waals surface area contributed by atoms with Gasteiger partial charge in [-0.25, -0.2) is 4.98 Å². The molecule has 2 N–H and O–H groups in total. The summed E-state index contributed by atoms with van der Waals surface area (Å²) >= 11 is 7.34. The third kappa shape index (κ3) is 4.09. The third-order valence-electron chi connectivity index (χ3n) is 3.19. The Balaban J connectivity index is 2.24. The highest BCUT2D eigenvalue weighted by atomic mass is 35.5. The topological polar surface area (TPSA) is 71.1 Å². The van der Waals surface area contributed by atoms with Crippen molar-refractivity contribution in [2.75, 3.05) is 10.6 Å². The quantitative estimate of drug-likeness (QED) is 0.797. The zero-order valence-corrected chi connectivity index (χ0v) is 14.9. The molecular formula is C16H18ClN3O2S. The van der Waals surface area contributed by atoms with Crippen molar-refractivity contribution >= 4 is 46.0 Å². The molecule has 0 atom stereocenters. The Morgan fingerprint density at radius 3 is 2.65 bits per heavy atom. The number of hydrogen-bond acceptors (Lipinski definition) is 5. The van der Waals surface area contributed by atoms with Crippen LogP contribution < -0.4 is 10.6 Å². The lowest BCUT2D eigenvalue weighted by atomic mass is 10.1. The molecule has 122 valence electrons. The molecule has 1 heterocycles. The Labute approximate surface area is 144 Å². The molecule has 0 radical (unpaired) electrons. The molecule has 0 fully saturated rings. The summed E-state index contributed by atoms with van der Waals surface area (Å²) < 4.78 is 0. The minimum atomic E-state index is -0.739. The predicted octanol–water partition coefficient (Wildman–Crippen LogP) is 4.06. The van der Waals surface area contributed by atoms with Crippen LogP contribution >= 0.6 is 22.9 Å². The minimum Gasteiger partial charge on any atom is -0.350 e. The van der Waals surface area contributed by atoms with E-state index in [1.54, 1.807) is 26.8 Å². The number of benzene rings is 1. The molecule has 5 nitrogen and oxygen atoms in total. The highest BCUT2D eigenvalue weighted by molar-refractivity contribution is 7.17. The maximum absolute atomic E-state index is 12.5. The second kappa shape index (κ2) is 6.68. The summed E-state index contributed by atoms with van der Waals surface area (Å²) in [4.78, 5) is 28.3. The summed E-state index contributed by atoms with van der Waals surface area (Å²) in [5, 5.41) is 6.85. The molecule has 0 spiro atoms. The Hall–Kier alpha value is -1.92. The molecule has 0 saturated carbocycles. The predicted molar refractivity (Wildman–Crippen MR) is 94.8 cm³/mol. The number of hydrogen-bond donors (Lipinski definition) is 2. The zero-order valence-electron chi connectivity index (χ0n) is 13.4. The average molecular weight is 352 g/mol. The molecule has 0 aliphatic carbocycles. The fourth-order valence-corrected chi connectivity index (χ4v) is 3.22. The van der Waals surface area contributed by atoms with Crippen LogP contribution in [0.5, 0.6) is 0 Å². The maximum atomic E-state index is 12.5. The van der Waals surface area contributed by atoms with Gasteiger partial charge in [0.15, 0.2) is 5.13 Å². The van der Waals surface area contributed by atoms with E-state index < -0.39 is 5.54 Å². The molecule has 2 rings (SSSR count). The summed E-state index contributed by atoms with van der Waals surface area (Å²) in [7, 11) is 0. The summed E-state index contributed by atoms with van der Waals surface area (Å²) in [6.07, 6.45) is 0.802. The maximum Gasteiger partial charge on any atom is 0.267 e. The summed E-state index contributed by atoms with van der Waals surface area (Å²) in [5.74, 6) is -0.270. The Kier molecular flexibility index (Phi) is 5.06. The number of carbonyl (C=O) groups excluding carboxylic acids is 2. The molecule has 0 aliphatic rings. The number of rotatable bonds is 5. The van der Waals surface area contributed by atoms with Crippen LogP contribution in [0.2, 0.25) is 5.02 Å². The van der Waals surface area contributed by atoms with Crippen molar-refractivity contribution in [3.05, 3.63) is 39.4 Å². The van der Waals surface area contributed by atoms with Crippen LogP contribution in [0.3, 0.4) is 0 Å². The number of nitrogens with one attached hydrogen (secondary N) is 2. The second-order valence-corrected chi connectivity index (χ2v) is 7.19. The van der Waals surface area contributed by atoms with Gasteiger partial charge in [0.1, 0.15) is 11.2 Å². The molecule has 23 heavy (non-hydrogen) atoms. The molecule has 7 heteroatoms. The van der Waals surface area contributed by atoms with E-state index in [0.29, 0.717) is 26.4 Å². The Bertz CT molecular complexity index is 736. The first-order valence-corrected chi connectivity index (χ1v) is 8.21. The SMILES string of the molecule is Cc1cccc(Cl)c1NC(=O)c1sc(NC(C)(C)C=O)nc1C. The first kappa shape index (κ1) is 17.4. The van der Waals surface area contributed by atoms with E-state index in [4.69, 9.17) is 11.6 Å². The van der Waals surface area contributed by atoms with E-state index >= 15 is 0 Å². The van der Waals surface area contributed by atoms with Gasteiger partial charge in [-0.1, -0.05) is 35.1 Å². The third-order valence-corrected chi connectivity index (χ3v) is 4.57. The van der Waals surface area contributed by atoms with Crippen LogP contribution in [0.15, 0.2) is 18.2 Å². The van der Waals surface area contributed by atoms with Crippen molar-refractivity contribution in [3.8, 4) is 0 Å². The highest BCUT2D eigenvalue weighted by Gasteiger charge is 2.21. The number of carbonyl (C=O) groups is 2. The standard InChI is InChI=1S/C16H18ClN3O2S/c1-9-6-5-7-11(17)12(9)19-14(22)13-10(2)18-15(23-13)20-16(3,4)8-21/h5-8H,1-4H3,(H,18,20)(H,19,22). The lowest BCUT2D eigenvalue weighted by molar-refractivity contribution is -0.110. The van der Waals surface area contributed by atoms with Crippen molar-refractivity contribution in [2.24, 2.45) is 0 Å². The van der Waals surface area contributed by atoms with Crippen LogP contribution in [0.1, 0.15) is 34.8 Å². The van der Waals surface area contributed by atoms with Gasteiger partial charge >= 0.3 is 0 Å². The largest absolute Gasteiger partial charge is 0.350 e. The fraction of sp³-hybridized carbons (Fsp3) is 0.312. The average Bonchev–Trinajstić information content (AvgIpc) is 2.83. The fourth-order valence-electron chi connectivity index (χ4n) is 1.93. The minimum absolute atomic E-state index is 0.270. The van der Waals surface area contributed by atoms with Gasteiger partial charge in [0.05, 0.1) is 21.9 Å². The van der Waals surface area contributed by atoms with Gasteiger partial charge in [-0.2, -0.15) is 0 Å². The number of para-hydroxylation sites is 1. The number of aromatic nitrogens is 1. The number of anilines is 2. The molecule has 0 saturated heterocycles. The number of aldehydes is 1. The molecule has 1 amide bonds. The van der Waals surface area contributed by atoms with Gasteiger partial charge < -0.3 is 15.4 Å². The molecule has 0 unspecified atom stereocenters. The van der Waals surface area contributed by atoms with E-state index in [0.717, 1.165) is 11.8 Å². The molecular weight excluding hydrogens is 334 g/mol. The molecule has 0 bridgehead atoms. The first-order valence-electron chi connectivity index (χ1n) is 7.02. The molecule has 1 aromatic carbocycles. The van der Waals surface area contributed by atoms with Gasteiger partial charge in [0.25, 0.3) is 5.91 Å². The summed E-state index contributed by atoms with van der Waals surface area (Å²) in [5.41, 5.74) is 1.33. The monoisotopic (exact) mass is 351 g/mol. The van der Waals surface area contributed by atoms with Gasteiger partial charge in [-0.3, -0.25) is 4.79 Å². The number of nitrogens with zero attached hydrogens (tertiary/aromatic N) is 1. The molecule has 2 aromatic rings. The smallest absolute Gasteiger partial charge is 0.267 e. The summed E-state index contributed by atoms with van der Waals surface area (Å²) in [6, 6.07) is 5.43. The van der Waals surface area contributed by atoms with Crippen LogP contribution in [0, 0.1) is 13.8 Å². The number of amides is 1. The van der Waals surface area contributed by atoms with E-state index in [1.807, 2.05) is 19.1 Å². The van der Waals surface area contributed by atoms with E-state index in [2.05, 4.69) is 15.6 Å². The molecule has 0 aliphatic heterocycles. The summed E-state index contributed by atoms with van der Waals surface area (Å²) in [6.45, 7) is 7.11. The van der Waals surface area contributed by atoms with Gasteiger partial charge in [0, 0.05) is 0 Å². The van der Waals surface area contributed by atoms with Gasteiger partial charge in [-0.15, -0.1) is 0 Å². The highest BCUT2D eigenvalue weighted by Crippen LogP contribution is 2.29. The van der Waals surface area contributed by atoms with E-state index in [1.165, 1.54) is 11.3 Å². The van der Waals surface area contributed by atoms with Crippen molar-refractivity contribution in [1.29, 1.82) is 0 Å². The Morgan fingerprint density at radius 2 is 2.04 bits per heavy atom. The van der Waals surface area contributed by atoms with Crippen LogP contribution in [-0.2, 0) is 4.79 Å². The zero-order chi connectivity index (χ0) is 17.2. The second-order valence-electron chi connectivity index (χ2n) is 5.78. The number of aryl methyl sites for hydroxylation is 2. The van der Waals surface area contributed by atoms with Crippen molar-refractivity contribution in [3.63, 3.8) is 0 Å². The van der Waals surface area contributed by atoms with Crippen LogP contribution in [-0.4, -0.2) is 22.7 Å². The normalized spacial score (nSPS) is 11.2. The van der Waals surface area contributed by atoms with Gasteiger partial charge in [-0.05, 0) is 39.3 Å². The van der Waals surface area contributed by atoms with Crippen LogP contribution in [0.4, 0.5) is 10.8 Å². The van der Waals surface area contributed by atoms with Crippen molar-refractivity contribution in [2.45, 2.75) is 33.2 Å². The van der Waals surface area contributed by atoms with Crippen LogP contribution in [0.25, 0.3) is 0 Å².